The van der Waals surface area contributed by atoms with Gasteiger partial charge < -0.3 is 5.32 Å². The molecule has 0 aliphatic rings. The van der Waals surface area contributed by atoms with E-state index in [2.05, 4.69) is 31.4 Å². The lowest BCUT2D eigenvalue weighted by atomic mass is 10.1. The van der Waals surface area contributed by atoms with Crippen LogP contribution in [0.2, 0.25) is 5.02 Å². The smallest absolute Gasteiger partial charge is 0.255 e. The summed E-state index contributed by atoms with van der Waals surface area (Å²) >= 11 is 9.12. The Bertz CT molecular complexity index is 826. The minimum atomic E-state index is -0.483. The van der Waals surface area contributed by atoms with Crippen molar-refractivity contribution in [2.75, 3.05) is 5.32 Å². The average molecular weight is 369 g/mol. The van der Waals surface area contributed by atoms with E-state index in [0.29, 0.717) is 15.7 Å². The summed E-state index contributed by atoms with van der Waals surface area (Å²) in [5, 5.41) is 10.4. The number of halogens is 3. The van der Waals surface area contributed by atoms with Gasteiger partial charge in [-0.1, -0.05) is 17.7 Å². The first-order chi connectivity index (χ1) is 10.0. The fourth-order valence-corrected chi connectivity index (χ4v) is 2.82. The average Bonchev–Trinajstić information content (AvgIpc) is 2.89. The number of nitrogens with one attached hydrogen (secondary N) is 2. The first-order valence-corrected chi connectivity index (χ1v) is 7.11. The van der Waals surface area contributed by atoms with Crippen molar-refractivity contribution >= 4 is 50.0 Å². The van der Waals surface area contributed by atoms with E-state index in [1.54, 1.807) is 24.4 Å². The van der Waals surface area contributed by atoms with Crippen LogP contribution >= 0.6 is 27.5 Å². The van der Waals surface area contributed by atoms with Crippen LogP contribution in [0.15, 0.2) is 41.0 Å². The zero-order chi connectivity index (χ0) is 15.0. The van der Waals surface area contributed by atoms with Gasteiger partial charge in [0.1, 0.15) is 5.82 Å². The van der Waals surface area contributed by atoms with Crippen LogP contribution in [0.5, 0.6) is 0 Å². The predicted octanol–water partition coefficient (Wildman–Crippen LogP) is 4.37. The number of anilines is 1. The number of aromatic nitrogens is 2. The second kappa shape index (κ2) is 5.46. The molecule has 0 saturated carbocycles. The number of carbonyl (C=O) groups is 1. The first-order valence-electron chi connectivity index (χ1n) is 5.93. The van der Waals surface area contributed by atoms with Crippen molar-refractivity contribution in [1.82, 2.24) is 10.2 Å². The number of amides is 1. The van der Waals surface area contributed by atoms with Crippen molar-refractivity contribution in [2.45, 2.75) is 0 Å². The van der Waals surface area contributed by atoms with Crippen LogP contribution in [0, 0.1) is 5.82 Å². The van der Waals surface area contributed by atoms with Crippen molar-refractivity contribution in [1.29, 1.82) is 0 Å². The molecule has 0 unspecified atom stereocenters. The lowest BCUT2D eigenvalue weighted by Gasteiger charge is -2.09. The number of nitrogens with zero attached hydrogens (tertiary/aromatic N) is 1. The van der Waals surface area contributed by atoms with Gasteiger partial charge in [0.15, 0.2) is 0 Å². The van der Waals surface area contributed by atoms with Crippen LogP contribution in [0.4, 0.5) is 10.1 Å². The van der Waals surface area contributed by atoms with Gasteiger partial charge in [0.05, 0.1) is 22.4 Å². The summed E-state index contributed by atoms with van der Waals surface area (Å²) in [6.07, 6.45) is 1.67. The van der Waals surface area contributed by atoms with Crippen LogP contribution in [-0.4, -0.2) is 16.1 Å². The van der Waals surface area contributed by atoms with E-state index in [4.69, 9.17) is 11.6 Å². The molecule has 106 valence electrons. The Balaban J connectivity index is 1.92. The summed E-state index contributed by atoms with van der Waals surface area (Å²) in [5.74, 6) is -0.829. The number of H-pyrrole nitrogens is 1. The molecule has 2 aromatic carbocycles. The van der Waals surface area contributed by atoms with E-state index in [1.807, 2.05) is 0 Å². The topological polar surface area (TPSA) is 57.8 Å². The highest BCUT2D eigenvalue weighted by atomic mass is 79.9. The quantitative estimate of drug-likeness (QED) is 0.705. The molecule has 4 nitrogen and oxygen atoms in total. The van der Waals surface area contributed by atoms with Crippen LogP contribution in [-0.2, 0) is 0 Å². The van der Waals surface area contributed by atoms with Gasteiger partial charge in [-0.15, -0.1) is 0 Å². The van der Waals surface area contributed by atoms with Crippen LogP contribution < -0.4 is 5.32 Å². The van der Waals surface area contributed by atoms with E-state index in [1.165, 1.54) is 6.07 Å². The summed E-state index contributed by atoms with van der Waals surface area (Å²) in [7, 11) is 0. The molecule has 0 spiro atoms. The highest BCUT2D eigenvalue weighted by molar-refractivity contribution is 9.10. The molecule has 0 fully saturated rings. The summed E-state index contributed by atoms with van der Waals surface area (Å²) in [5.41, 5.74) is 1.53. The fraction of sp³-hybridized carbons (Fsp3) is 0. The van der Waals surface area contributed by atoms with Crippen LogP contribution in [0.3, 0.4) is 0 Å². The Morgan fingerprint density at radius 2 is 2.14 bits per heavy atom. The van der Waals surface area contributed by atoms with Gasteiger partial charge in [0.25, 0.3) is 5.91 Å². The van der Waals surface area contributed by atoms with Crippen molar-refractivity contribution < 1.29 is 9.18 Å². The number of rotatable bonds is 2. The van der Waals surface area contributed by atoms with Gasteiger partial charge in [-0.05, 0) is 40.2 Å². The molecule has 1 amide bonds. The van der Waals surface area contributed by atoms with E-state index >= 15 is 0 Å². The monoisotopic (exact) mass is 367 g/mol. The van der Waals surface area contributed by atoms with Crippen molar-refractivity contribution in [3.63, 3.8) is 0 Å². The van der Waals surface area contributed by atoms with Gasteiger partial charge in [-0.2, -0.15) is 5.10 Å². The molecule has 3 rings (SSSR count). The van der Waals surface area contributed by atoms with Crippen molar-refractivity contribution in [3.05, 3.63) is 57.4 Å². The third-order valence-electron chi connectivity index (χ3n) is 2.95. The zero-order valence-electron chi connectivity index (χ0n) is 10.5. The molecule has 1 aromatic heterocycles. The standard InChI is InChI=1S/C14H8BrClFN3O/c15-10-4-9(17)5-11(16)13(10)19-14(21)7-1-2-8-6-18-20-12(8)3-7/h1-6H,(H,18,20)(H,19,21). The SMILES string of the molecule is O=C(Nc1c(Cl)cc(F)cc1Br)c1ccc2cn[nH]c2c1. The van der Waals surface area contributed by atoms with Gasteiger partial charge in [0.2, 0.25) is 0 Å². The second-order valence-corrected chi connectivity index (χ2v) is 5.63. The second-order valence-electron chi connectivity index (χ2n) is 4.37. The normalized spacial score (nSPS) is 10.8. The first kappa shape index (κ1) is 14.0. The van der Waals surface area contributed by atoms with E-state index in [0.717, 1.165) is 17.0 Å². The maximum Gasteiger partial charge on any atom is 0.255 e. The molecule has 0 aliphatic carbocycles. The van der Waals surface area contributed by atoms with E-state index in [-0.39, 0.29) is 10.9 Å². The predicted molar refractivity (Wildman–Crippen MR) is 83.2 cm³/mol. The largest absolute Gasteiger partial charge is 0.320 e. The van der Waals surface area contributed by atoms with E-state index < -0.39 is 5.82 Å². The number of hydrogen-bond acceptors (Lipinski definition) is 2. The van der Waals surface area contributed by atoms with Gasteiger partial charge >= 0.3 is 0 Å². The Kier molecular flexibility index (Phi) is 3.65. The van der Waals surface area contributed by atoms with Gasteiger partial charge in [-0.3, -0.25) is 9.89 Å². The minimum Gasteiger partial charge on any atom is -0.320 e. The number of benzene rings is 2. The fourth-order valence-electron chi connectivity index (χ4n) is 1.93. The summed E-state index contributed by atoms with van der Waals surface area (Å²) < 4.78 is 13.5. The molecule has 21 heavy (non-hydrogen) atoms. The minimum absolute atomic E-state index is 0.123. The molecule has 3 aromatic rings. The van der Waals surface area contributed by atoms with Crippen molar-refractivity contribution in [3.8, 4) is 0 Å². The van der Waals surface area contributed by atoms with Crippen LogP contribution in [0.1, 0.15) is 10.4 Å². The highest BCUT2D eigenvalue weighted by Crippen LogP contribution is 2.32. The number of fused-ring (bicyclic) bond motifs is 1. The molecule has 0 radical (unpaired) electrons. The van der Waals surface area contributed by atoms with Gasteiger partial charge in [-0.25, -0.2) is 4.39 Å². The van der Waals surface area contributed by atoms with E-state index in [9.17, 15) is 9.18 Å². The molecule has 1 heterocycles. The van der Waals surface area contributed by atoms with Crippen LogP contribution in [0.25, 0.3) is 10.9 Å². The molecular formula is C14H8BrClFN3O. The van der Waals surface area contributed by atoms with Crippen molar-refractivity contribution in [2.24, 2.45) is 0 Å². The third kappa shape index (κ3) is 2.77. The lowest BCUT2D eigenvalue weighted by molar-refractivity contribution is 0.102. The highest BCUT2D eigenvalue weighted by Gasteiger charge is 2.13. The third-order valence-corrected chi connectivity index (χ3v) is 3.87. The number of hydrogen-bond donors (Lipinski definition) is 2. The molecule has 0 bridgehead atoms. The maximum absolute atomic E-state index is 13.2. The summed E-state index contributed by atoms with van der Waals surface area (Å²) in [6.45, 7) is 0. The molecule has 0 saturated heterocycles. The lowest BCUT2D eigenvalue weighted by Crippen LogP contribution is -2.12. The Morgan fingerprint density at radius 3 is 2.90 bits per heavy atom. The molecule has 0 atom stereocenters. The summed E-state index contributed by atoms with van der Waals surface area (Å²) in [6, 6.07) is 7.52. The molecular weight excluding hydrogens is 361 g/mol. The number of aromatic amines is 1. The number of carbonyl (C=O) groups excluding carboxylic acids is 1. The Labute approximate surface area is 132 Å². The Hall–Kier alpha value is -1.92. The molecule has 2 N–H and O–H groups in total. The molecule has 0 aliphatic heterocycles. The van der Waals surface area contributed by atoms with Gasteiger partial charge in [0, 0.05) is 15.4 Å². The zero-order valence-corrected chi connectivity index (χ0v) is 12.8. The molecule has 7 heteroatoms. The maximum atomic E-state index is 13.2. The Morgan fingerprint density at radius 1 is 1.33 bits per heavy atom. The summed E-state index contributed by atoms with van der Waals surface area (Å²) in [4.78, 5) is 12.3.